The lowest BCUT2D eigenvalue weighted by Gasteiger charge is -2.01. The van der Waals surface area contributed by atoms with Crippen LogP contribution in [0.1, 0.15) is 32.6 Å². The molecule has 0 aromatic heterocycles. The zero-order chi connectivity index (χ0) is 9.07. The zero-order valence-electron chi connectivity index (χ0n) is 7.86. The molecule has 0 aromatic rings. The van der Waals surface area contributed by atoms with Crippen molar-refractivity contribution in [1.29, 1.82) is 0 Å². The van der Waals surface area contributed by atoms with Gasteiger partial charge in [-0.05, 0) is 25.9 Å². The molecule has 0 saturated carbocycles. The van der Waals surface area contributed by atoms with E-state index in [1.165, 1.54) is 19.3 Å². The average Bonchev–Trinajstić information content (AvgIpc) is 2.10. The maximum atomic E-state index is 9.73. The van der Waals surface area contributed by atoms with Crippen LogP contribution in [0.3, 0.4) is 0 Å². The lowest BCUT2D eigenvalue weighted by atomic mass is 10.2. The van der Waals surface area contributed by atoms with E-state index in [1.54, 1.807) is 6.41 Å². The Morgan fingerprint density at radius 1 is 1.08 bits per heavy atom. The number of hydrogen-bond donors (Lipinski definition) is 2. The summed E-state index contributed by atoms with van der Waals surface area (Å²) < 4.78 is 0. The third-order valence-corrected chi connectivity index (χ3v) is 1.73. The van der Waals surface area contributed by atoms with Gasteiger partial charge in [0.25, 0.3) is 0 Å². The second kappa shape index (κ2) is 10.4. The van der Waals surface area contributed by atoms with Crippen molar-refractivity contribution in [3.05, 3.63) is 0 Å². The van der Waals surface area contributed by atoms with Crippen LogP contribution in [0.4, 0.5) is 0 Å². The fraction of sp³-hybridized carbons (Fsp3) is 0.889. The summed E-state index contributed by atoms with van der Waals surface area (Å²) >= 11 is 0. The second-order valence-corrected chi connectivity index (χ2v) is 2.80. The molecule has 1 radical (unpaired) electrons. The molecule has 0 saturated heterocycles. The minimum absolute atomic E-state index is 0.769. The molecule has 0 aliphatic rings. The van der Waals surface area contributed by atoms with Crippen LogP contribution in [0.25, 0.3) is 0 Å². The summed E-state index contributed by atoms with van der Waals surface area (Å²) in [5.74, 6) is 0. The maximum Gasteiger partial charge on any atom is 0.309 e. The van der Waals surface area contributed by atoms with Crippen molar-refractivity contribution in [2.45, 2.75) is 32.6 Å². The van der Waals surface area contributed by atoms with Crippen LogP contribution in [0.15, 0.2) is 0 Å². The van der Waals surface area contributed by atoms with Gasteiger partial charge in [0.05, 0.1) is 0 Å². The molecule has 0 unspecified atom stereocenters. The third kappa shape index (κ3) is 9.43. The SMILES string of the molecule is CCNCCCCCCN[C]=O. The molecule has 0 atom stereocenters. The summed E-state index contributed by atoms with van der Waals surface area (Å²) in [6.45, 7) is 5.06. The first-order chi connectivity index (χ1) is 5.91. The van der Waals surface area contributed by atoms with Crippen LogP contribution in [-0.2, 0) is 4.79 Å². The monoisotopic (exact) mass is 171 g/mol. The number of rotatable bonds is 9. The summed E-state index contributed by atoms with van der Waals surface area (Å²) in [4.78, 5) is 9.73. The molecule has 0 fully saturated rings. The largest absolute Gasteiger partial charge is 0.348 e. The van der Waals surface area contributed by atoms with Gasteiger partial charge in [0, 0.05) is 6.54 Å². The van der Waals surface area contributed by atoms with E-state index in [9.17, 15) is 4.79 Å². The Balaban J connectivity index is 2.77. The Labute approximate surface area is 74.9 Å². The van der Waals surface area contributed by atoms with Crippen molar-refractivity contribution < 1.29 is 4.79 Å². The van der Waals surface area contributed by atoms with Crippen LogP contribution in [0.5, 0.6) is 0 Å². The van der Waals surface area contributed by atoms with Crippen LogP contribution in [0.2, 0.25) is 0 Å². The summed E-state index contributed by atoms with van der Waals surface area (Å²) in [6, 6.07) is 0. The van der Waals surface area contributed by atoms with E-state index < -0.39 is 0 Å². The van der Waals surface area contributed by atoms with Crippen LogP contribution in [-0.4, -0.2) is 26.0 Å². The predicted molar refractivity (Wildman–Crippen MR) is 50.7 cm³/mol. The van der Waals surface area contributed by atoms with E-state index >= 15 is 0 Å². The van der Waals surface area contributed by atoms with E-state index in [0.29, 0.717) is 0 Å². The van der Waals surface area contributed by atoms with Crippen molar-refractivity contribution in [3.63, 3.8) is 0 Å². The van der Waals surface area contributed by atoms with Crippen molar-refractivity contribution >= 4 is 6.41 Å². The Morgan fingerprint density at radius 2 is 1.75 bits per heavy atom. The highest BCUT2D eigenvalue weighted by molar-refractivity contribution is 5.46. The third-order valence-electron chi connectivity index (χ3n) is 1.73. The van der Waals surface area contributed by atoms with E-state index in [-0.39, 0.29) is 0 Å². The highest BCUT2D eigenvalue weighted by Gasteiger charge is 1.88. The predicted octanol–water partition coefficient (Wildman–Crippen LogP) is 0.813. The molecule has 1 amide bonds. The van der Waals surface area contributed by atoms with Gasteiger partial charge in [-0.2, -0.15) is 0 Å². The van der Waals surface area contributed by atoms with Crippen LogP contribution in [0, 0.1) is 0 Å². The highest BCUT2D eigenvalue weighted by Crippen LogP contribution is 1.97. The van der Waals surface area contributed by atoms with Gasteiger partial charge in [0.15, 0.2) is 0 Å². The summed E-state index contributed by atoms with van der Waals surface area (Å²) in [5.41, 5.74) is 0. The summed E-state index contributed by atoms with van der Waals surface area (Å²) in [7, 11) is 0. The van der Waals surface area contributed by atoms with Gasteiger partial charge in [-0.3, -0.25) is 4.79 Å². The van der Waals surface area contributed by atoms with Gasteiger partial charge in [-0.1, -0.05) is 19.8 Å². The van der Waals surface area contributed by atoms with Gasteiger partial charge < -0.3 is 10.6 Å². The van der Waals surface area contributed by atoms with Crippen LogP contribution >= 0.6 is 0 Å². The van der Waals surface area contributed by atoms with Crippen molar-refractivity contribution in [1.82, 2.24) is 10.6 Å². The summed E-state index contributed by atoms with van der Waals surface area (Å²) in [5, 5.41) is 5.80. The average molecular weight is 171 g/mol. The molecule has 0 aromatic carbocycles. The summed E-state index contributed by atoms with van der Waals surface area (Å²) in [6.07, 6.45) is 6.41. The highest BCUT2D eigenvalue weighted by atomic mass is 16.1. The first-order valence-corrected chi connectivity index (χ1v) is 4.72. The van der Waals surface area contributed by atoms with Crippen LogP contribution < -0.4 is 10.6 Å². The van der Waals surface area contributed by atoms with Crippen molar-refractivity contribution in [2.24, 2.45) is 0 Å². The number of nitrogens with one attached hydrogen (secondary N) is 2. The van der Waals surface area contributed by atoms with Gasteiger partial charge in [-0.15, -0.1) is 0 Å². The molecular weight excluding hydrogens is 152 g/mol. The first-order valence-electron chi connectivity index (χ1n) is 4.72. The number of hydrogen-bond acceptors (Lipinski definition) is 2. The van der Waals surface area contributed by atoms with Gasteiger partial charge in [0.1, 0.15) is 0 Å². The fourth-order valence-corrected chi connectivity index (χ4v) is 1.04. The van der Waals surface area contributed by atoms with E-state index in [2.05, 4.69) is 17.6 Å². The minimum atomic E-state index is 0.769. The molecule has 3 nitrogen and oxygen atoms in total. The number of unbranched alkanes of at least 4 members (excludes halogenated alkanes) is 3. The molecule has 0 heterocycles. The second-order valence-electron chi connectivity index (χ2n) is 2.80. The molecule has 12 heavy (non-hydrogen) atoms. The normalized spacial score (nSPS) is 9.75. The molecule has 0 bridgehead atoms. The molecule has 2 N–H and O–H groups in total. The Morgan fingerprint density at radius 3 is 2.33 bits per heavy atom. The van der Waals surface area contributed by atoms with E-state index in [1.807, 2.05) is 0 Å². The Hall–Kier alpha value is -0.570. The molecule has 71 valence electrons. The number of carbonyl (C=O) groups excluding carboxylic acids is 1. The zero-order valence-corrected chi connectivity index (χ0v) is 7.86. The minimum Gasteiger partial charge on any atom is -0.348 e. The lowest BCUT2D eigenvalue weighted by molar-refractivity contribution is 0.535. The van der Waals surface area contributed by atoms with E-state index in [4.69, 9.17) is 0 Å². The lowest BCUT2D eigenvalue weighted by Crippen LogP contribution is -2.14. The molecule has 0 aliphatic heterocycles. The van der Waals surface area contributed by atoms with Crippen molar-refractivity contribution in [3.8, 4) is 0 Å². The fourth-order valence-electron chi connectivity index (χ4n) is 1.04. The maximum absolute atomic E-state index is 9.73. The topological polar surface area (TPSA) is 41.1 Å². The van der Waals surface area contributed by atoms with Gasteiger partial charge in [0.2, 0.25) is 0 Å². The molecule has 0 rings (SSSR count). The molecule has 0 spiro atoms. The first kappa shape index (κ1) is 11.4. The smallest absolute Gasteiger partial charge is 0.309 e. The Kier molecular flexibility index (Phi) is 9.93. The number of amides is 1. The standard InChI is InChI=1S/C9H19N2O/c1-2-10-7-5-3-4-6-8-11-9-12/h10H,2-8H2,1H3,(H,11,12). The van der Waals surface area contributed by atoms with Gasteiger partial charge in [-0.25, -0.2) is 0 Å². The van der Waals surface area contributed by atoms with E-state index in [0.717, 1.165) is 26.1 Å². The molecule has 0 aliphatic carbocycles. The Bertz CT molecular complexity index is 96.5. The van der Waals surface area contributed by atoms with Gasteiger partial charge >= 0.3 is 6.41 Å². The van der Waals surface area contributed by atoms with Crippen molar-refractivity contribution in [2.75, 3.05) is 19.6 Å². The molecular formula is C9H19N2O. The molecule has 3 heteroatoms. The quantitative estimate of drug-likeness (QED) is 0.398.